The number of benzene rings is 1. The lowest BCUT2D eigenvalue weighted by atomic mass is 9.95. The largest absolute Gasteiger partial charge is 0.352 e. The number of rotatable bonds is 5. The van der Waals surface area contributed by atoms with Gasteiger partial charge in [0.25, 0.3) is 5.56 Å². The Morgan fingerprint density at radius 2 is 2.00 bits per heavy atom. The Hall–Kier alpha value is -1.79. The second-order valence-electron chi connectivity index (χ2n) is 6.96. The zero-order chi connectivity index (χ0) is 19.4. The van der Waals surface area contributed by atoms with Crippen LogP contribution in [0.1, 0.15) is 44.6 Å². The SMILES string of the molecule is Cc1ccc(-n2nc(S[C@H](C)C(=O)NC3CCCCC3)ccc2=O)cc1Cl. The minimum atomic E-state index is -0.285. The van der Waals surface area contributed by atoms with Gasteiger partial charge in [0.1, 0.15) is 5.03 Å². The van der Waals surface area contributed by atoms with Crippen LogP contribution in [0.3, 0.4) is 0 Å². The Bertz CT molecular complexity index is 878. The Morgan fingerprint density at radius 1 is 1.26 bits per heavy atom. The number of aryl methyl sites for hydroxylation is 1. The van der Waals surface area contributed by atoms with Crippen molar-refractivity contribution in [1.29, 1.82) is 0 Å². The number of carbonyl (C=O) groups excluding carboxylic acids is 1. The monoisotopic (exact) mass is 405 g/mol. The van der Waals surface area contributed by atoms with Gasteiger partial charge in [0, 0.05) is 17.1 Å². The standard InChI is InChI=1S/C20H24ClN3O2S/c1-13-8-9-16(12-17(13)21)24-19(25)11-10-18(23-24)27-14(2)20(26)22-15-6-4-3-5-7-15/h8-12,14-15H,3-7H2,1-2H3,(H,22,26)/t14-/m1/s1. The molecule has 1 fully saturated rings. The lowest BCUT2D eigenvalue weighted by Crippen LogP contribution is -2.40. The summed E-state index contributed by atoms with van der Waals surface area (Å²) in [6.07, 6.45) is 5.72. The molecule has 1 amide bonds. The summed E-state index contributed by atoms with van der Waals surface area (Å²) in [5.74, 6) is 0.0184. The van der Waals surface area contributed by atoms with Gasteiger partial charge in [-0.15, -0.1) is 0 Å². The second-order valence-corrected chi connectivity index (χ2v) is 8.73. The summed E-state index contributed by atoms with van der Waals surface area (Å²) in [5, 5.41) is 8.47. The molecule has 5 nitrogen and oxygen atoms in total. The number of carbonyl (C=O) groups is 1. The third-order valence-corrected chi connectivity index (χ3v) is 6.23. The molecule has 0 aliphatic heterocycles. The third kappa shape index (κ3) is 5.14. The van der Waals surface area contributed by atoms with Crippen molar-refractivity contribution in [3.8, 4) is 5.69 Å². The number of thioether (sulfide) groups is 1. The van der Waals surface area contributed by atoms with Crippen molar-refractivity contribution in [3.05, 3.63) is 51.3 Å². The Labute approximate surface area is 168 Å². The molecule has 144 valence electrons. The highest BCUT2D eigenvalue weighted by Crippen LogP contribution is 2.23. The number of nitrogens with one attached hydrogen (secondary N) is 1. The van der Waals surface area contributed by atoms with Crippen LogP contribution < -0.4 is 10.9 Å². The maximum atomic E-state index is 12.5. The molecule has 1 heterocycles. The van der Waals surface area contributed by atoms with E-state index in [1.54, 1.807) is 12.1 Å². The van der Waals surface area contributed by atoms with Crippen LogP contribution in [-0.4, -0.2) is 27.0 Å². The normalized spacial score (nSPS) is 16.1. The van der Waals surface area contributed by atoms with Gasteiger partial charge in [-0.25, -0.2) is 0 Å². The number of hydrogen-bond donors (Lipinski definition) is 1. The molecule has 1 aliphatic rings. The molecule has 1 aromatic heterocycles. The molecule has 0 bridgehead atoms. The Balaban J connectivity index is 1.72. The zero-order valence-electron chi connectivity index (χ0n) is 15.6. The van der Waals surface area contributed by atoms with Crippen molar-refractivity contribution in [1.82, 2.24) is 15.1 Å². The molecule has 7 heteroatoms. The van der Waals surface area contributed by atoms with Crippen LogP contribution in [0.5, 0.6) is 0 Å². The predicted molar refractivity (Wildman–Crippen MR) is 110 cm³/mol. The molecule has 1 saturated carbocycles. The third-order valence-electron chi connectivity index (χ3n) is 4.79. The van der Waals surface area contributed by atoms with E-state index in [0.29, 0.717) is 15.7 Å². The van der Waals surface area contributed by atoms with Gasteiger partial charge in [0.15, 0.2) is 0 Å². The number of nitrogens with zero attached hydrogens (tertiary/aromatic N) is 2. The van der Waals surface area contributed by atoms with Gasteiger partial charge >= 0.3 is 0 Å². The maximum absolute atomic E-state index is 12.5. The van der Waals surface area contributed by atoms with Gasteiger partial charge in [-0.3, -0.25) is 9.59 Å². The lowest BCUT2D eigenvalue weighted by Gasteiger charge is -2.24. The maximum Gasteiger partial charge on any atom is 0.271 e. The van der Waals surface area contributed by atoms with Crippen LogP contribution in [0.15, 0.2) is 40.2 Å². The fourth-order valence-electron chi connectivity index (χ4n) is 3.16. The molecule has 0 saturated heterocycles. The number of aromatic nitrogens is 2. The van der Waals surface area contributed by atoms with Gasteiger partial charge in [-0.05, 0) is 50.5 Å². The first kappa shape index (κ1) is 20.0. The Kier molecular flexibility index (Phi) is 6.60. The molecule has 1 aliphatic carbocycles. The highest BCUT2D eigenvalue weighted by molar-refractivity contribution is 8.00. The zero-order valence-corrected chi connectivity index (χ0v) is 17.1. The highest BCUT2D eigenvalue weighted by atomic mass is 35.5. The van der Waals surface area contributed by atoms with E-state index in [4.69, 9.17) is 11.6 Å². The van der Waals surface area contributed by atoms with Gasteiger partial charge in [0.2, 0.25) is 5.91 Å². The molecule has 0 radical (unpaired) electrons. The van der Waals surface area contributed by atoms with E-state index in [1.165, 1.54) is 41.8 Å². The summed E-state index contributed by atoms with van der Waals surface area (Å²) in [6.45, 7) is 3.77. The van der Waals surface area contributed by atoms with Crippen LogP contribution in [0.25, 0.3) is 5.69 Å². The number of halogens is 1. The molecule has 2 aromatic rings. The molecule has 1 aromatic carbocycles. The van der Waals surface area contributed by atoms with Crippen molar-refractivity contribution in [3.63, 3.8) is 0 Å². The van der Waals surface area contributed by atoms with E-state index in [-0.39, 0.29) is 22.8 Å². The first-order valence-corrected chi connectivity index (χ1v) is 10.5. The van der Waals surface area contributed by atoms with E-state index in [9.17, 15) is 9.59 Å². The molecule has 1 N–H and O–H groups in total. The number of amides is 1. The molecular formula is C20H24ClN3O2S. The summed E-state index contributed by atoms with van der Waals surface area (Å²) in [6, 6.07) is 8.79. The van der Waals surface area contributed by atoms with Crippen LogP contribution in [0.2, 0.25) is 5.02 Å². The van der Waals surface area contributed by atoms with E-state index in [1.807, 2.05) is 26.0 Å². The van der Waals surface area contributed by atoms with Crippen molar-refractivity contribution >= 4 is 29.3 Å². The summed E-state index contributed by atoms with van der Waals surface area (Å²) in [7, 11) is 0. The van der Waals surface area contributed by atoms with Crippen molar-refractivity contribution < 1.29 is 4.79 Å². The number of hydrogen-bond acceptors (Lipinski definition) is 4. The summed E-state index contributed by atoms with van der Waals surface area (Å²) < 4.78 is 1.32. The van der Waals surface area contributed by atoms with Crippen LogP contribution in [0.4, 0.5) is 0 Å². The van der Waals surface area contributed by atoms with Crippen LogP contribution >= 0.6 is 23.4 Å². The molecule has 1 atom stereocenters. The van der Waals surface area contributed by atoms with Gasteiger partial charge in [-0.2, -0.15) is 9.78 Å². The molecule has 27 heavy (non-hydrogen) atoms. The minimum absolute atomic E-state index is 0.0184. The first-order chi connectivity index (χ1) is 12.9. The topological polar surface area (TPSA) is 64.0 Å². The average molecular weight is 406 g/mol. The lowest BCUT2D eigenvalue weighted by molar-refractivity contribution is -0.121. The minimum Gasteiger partial charge on any atom is -0.352 e. The molecule has 3 rings (SSSR count). The van der Waals surface area contributed by atoms with Crippen molar-refractivity contribution in [2.24, 2.45) is 0 Å². The fourth-order valence-corrected chi connectivity index (χ4v) is 4.14. The fraction of sp³-hybridized carbons (Fsp3) is 0.450. The van der Waals surface area contributed by atoms with Gasteiger partial charge in [-0.1, -0.05) is 48.7 Å². The van der Waals surface area contributed by atoms with E-state index in [0.717, 1.165) is 18.4 Å². The summed E-state index contributed by atoms with van der Waals surface area (Å²) >= 11 is 7.52. The van der Waals surface area contributed by atoms with Crippen LogP contribution in [0, 0.1) is 6.92 Å². The quantitative estimate of drug-likeness (QED) is 0.760. The van der Waals surface area contributed by atoms with Crippen LogP contribution in [-0.2, 0) is 4.79 Å². The predicted octanol–water partition coefficient (Wildman–Crippen LogP) is 4.12. The second kappa shape index (κ2) is 8.93. The van der Waals surface area contributed by atoms with E-state index in [2.05, 4.69) is 10.4 Å². The molecule has 0 unspecified atom stereocenters. The summed E-state index contributed by atoms with van der Waals surface area (Å²) in [5.41, 5.74) is 1.31. The van der Waals surface area contributed by atoms with E-state index < -0.39 is 0 Å². The van der Waals surface area contributed by atoms with Gasteiger partial charge < -0.3 is 5.32 Å². The van der Waals surface area contributed by atoms with Crippen molar-refractivity contribution in [2.45, 2.75) is 62.3 Å². The first-order valence-electron chi connectivity index (χ1n) is 9.28. The molecular weight excluding hydrogens is 382 g/mol. The Morgan fingerprint density at radius 3 is 2.70 bits per heavy atom. The summed E-state index contributed by atoms with van der Waals surface area (Å²) in [4.78, 5) is 24.7. The van der Waals surface area contributed by atoms with Crippen molar-refractivity contribution in [2.75, 3.05) is 0 Å². The smallest absolute Gasteiger partial charge is 0.271 e. The highest BCUT2D eigenvalue weighted by Gasteiger charge is 2.21. The van der Waals surface area contributed by atoms with Gasteiger partial charge in [0.05, 0.1) is 10.9 Å². The van der Waals surface area contributed by atoms with E-state index >= 15 is 0 Å². The molecule has 0 spiro atoms. The average Bonchev–Trinajstić information content (AvgIpc) is 2.66.